The van der Waals surface area contributed by atoms with Gasteiger partial charge in [0.05, 0.1) is 24.1 Å². The summed E-state index contributed by atoms with van der Waals surface area (Å²) in [4.78, 5) is 29.5. The molecule has 11 heteroatoms. The van der Waals surface area contributed by atoms with Crippen molar-refractivity contribution in [2.24, 2.45) is 5.92 Å². The summed E-state index contributed by atoms with van der Waals surface area (Å²) in [5, 5.41) is 13.3. The van der Waals surface area contributed by atoms with E-state index < -0.39 is 6.10 Å². The Labute approximate surface area is 214 Å². The fourth-order valence-electron chi connectivity index (χ4n) is 3.99. The third-order valence-electron chi connectivity index (χ3n) is 6.14. The monoisotopic (exact) mass is 511 g/mol. The van der Waals surface area contributed by atoms with Gasteiger partial charge in [0.15, 0.2) is 0 Å². The van der Waals surface area contributed by atoms with Crippen LogP contribution in [0.25, 0.3) is 10.7 Å². The minimum Gasteiger partial charge on any atom is -0.476 e. The second kappa shape index (κ2) is 12.1. The van der Waals surface area contributed by atoms with Crippen LogP contribution in [0.3, 0.4) is 0 Å². The number of nitrogen functional groups attached to an aromatic ring is 2. The van der Waals surface area contributed by atoms with E-state index in [0.29, 0.717) is 18.9 Å². The van der Waals surface area contributed by atoms with Crippen molar-refractivity contribution >= 4 is 28.6 Å². The van der Waals surface area contributed by atoms with E-state index in [1.165, 1.54) is 10.9 Å². The van der Waals surface area contributed by atoms with Crippen LogP contribution in [0.2, 0.25) is 0 Å². The molecule has 1 amide bonds. The number of amides is 1. The molecule has 1 fully saturated rings. The number of thiazole rings is 1. The van der Waals surface area contributed by atoms with E-state index in [2.05, 4.69) is 25.2 Å². The predicted octanol–water partition coefficient (Wildman–Crippen LogP) is 2.56. The molecular formula is C25H33N7O3S. The molecule has 1 saturated heterocycles. The van der Waals surface area contributed by atoms with Gasteiger partial charge in [-0.25, -0.2) is 9.97 Å². The van der Waals surface area contributed by atoms with E-state index in [1.54, 1.807) is 24.5 Å². The second-order valence-electron chi connectivity index (χ2n) is 9.08. The maximum absolute atomic E-state index is 12.7. The first-order valence-electron chi connectivity index (χ1n) is 12.1. The minimum atomic E-state index is -0.507. The maximum atomic E-state index is 12.7. The van der Waals surface area contributed by atoms with Gasteiger partial charge in [-0.05, 0) is 57.0 Å². The number of rotatable bonds is 10. The predicted molar refractivity (Wildman–Crippen MR) is 141 cm³/mol. The van der Waals surface area contributed by atoms with Crippen molar-refractivity contribution in [1.82, 2.24) is 25.2 Å². The first-order chi connectivity index (χ1) is 17.4. The number of ether oxygens (including phenoxy) is 1. The molecule has 6 N–H and O–H groups in total. The summed E-state index contributed by atoms with van der Waals surface area (Å²) in [6.07, 6.45) is 5.63. The van der Waals surface area contributed by atoms with Crippen molar-refractivity contribution in [3.05, 3.63) is 47.2 Å². The number of aliphatic hydroxyl groups excluding tert-OH is 1. The average molecular weight is 512 g/mol. The van der Waals surface area contributed by atoms with Crippen molar-refractivity contribution in [2.45, 2.75) is 38.8 Å². The van der Waals surface area contributed by atoms with Crippen molar-refractivity contribution in [2.75, 3.05) is 37.7 Å². The summed E-state index contributed by atoms with van der Waals surface area (Å²) in [6, 6.07) is 7.31. The van der Waals surface area contributed by atoms with Gasteiger partial charge in [-0.2, -0.15) is 0 Å². The first kappa shape index (κ1) is 25.8. The number of likely N-dealkylation sites (tertiary alicyclic amines) is 1. The third-order valence-corrected chi connectivity index (χ3v) is 7.14. The van der Waals surface area contributed by atoms with Gasteiger partial charge in [-0.15, -0.1) is 11.3 Å². The SMILES string of the molecule is C[C@H](O)CCOc1nc(C(=O)NCC2CCN(Cc3cnc(-c4ccccn4)s3)CC2)cc(N)c1N. The average Bonchev–Trinajstić information content (AvgIpc) is 3.34. The van der Waals surface area contributed by atoms with Gasteiger partial charge >= 0.3 is 0 Å². The standard InChI is InChI=1S/C25H33N7O3S/c1-16(33)7-11-35-24-22(27)19(26)12-21(31-24)23(34)29-13-17-5-9-32(10-6-17)15-18-14-30-25(36-18)20-4-2-3-8-28-20/h2-4,8,12,14,16-17,33H,5-7,9-11,13,15,27H2,1H3,(H2,26,31)(H,29,34)/t16-/m0/s1. The highest BCUT2D eigenvalue weighted by Gasteiger charge is 2.22. The Morgan fingerprint density at radius 2 is 2.11 bits per heavy atom. The minimum absolute atomic E-state index is 0.114. The van der Waals surface area contributed by atoms with E-state index in [4.69, 9.17) is 16.2 Å². The fraction of sp³-hybridized carbons (Fsp3) is 0.440. The Morgan fingerprint density at radius 3 is 2.83 bits per heavy atom. The molecule has 192 valence electrons. The fourth-order valence-corrected chi connectivity index (χ4v) is 4.92. The third kappa shape index (κ3) is 6.90. The lowest BCUT2D eigenvalue weighted by Gasteiger charge is -2.31. The molecule has 0 unspecified atom stereocenters. The number of piperidine rings is 1. The zero-order valence-corrected chi connectivity index (χ0v) is 21.2. The molecule has 0 aromatic carbocycles. The van der Waals surface area contributed by atoms with E-state index in [0.717, 1.165) is 43.2 Å². The molecule has 0 radical (unpaired) electrons. The summed E-state index contributed by atoms with van der Waals surface area (Å²) in [6.45, 7) is 5.26. The van der Waals surface area contributed by atoms with Crippen LogP contribution in [-0.2, 0) is 6.54 Å². The summed E-state index contributed by atoms with van der Waals surface area (Å²) < 4.78 is 5.53. The Balaban J connectivity index is 1.24. The number of hydrogen-bond donors (Lipinski definition) is 4. The lowest BCUT2D eigenvalue weighted by Crippen LogP contribution is -2.38. The maximum Gasteiger partial charge on any atom is 0.270 e. The molecule has 1 atom stereocenters. The number of anilines is 2. The molecule has 1 aliphatic rings. The highest BCUT2D eigenvalue weighted by atomic mass is 32.1. The molecule has 3 aromatic rings. The van der Waals surface area contributed by atoms with Crippen LogP contribution < -0.4 is 21.5 Å². The van der Waals surface area contributed by atoms with Crippen LogP contribution in [0.5, 0.6) is 5.88 Å². The zero-order chi connectivity index (χ0) is 25.5. The Bertz CT molecular complexity index is 1150. The lowest BCUT2D eigenvalue weighted by atomic mass is 9.96. The van der Waals surface area contributed by atoms with Crippen LogP contribution in [0.4, 0.5) is 11.4 Å². The van der Waals surface area contributed by atoms with Gasteiger partial charge in [0.25, 0.3) is 5.91 Å². The van der Waals surface area contributed by atoms with Gasteiger partial charge in [-0.3, -0.25) is 14.7 Å². The van der Waals surface area contributed by atoms with Crippen LogP contribution in [0.15, 0.2) is 36.7 Å². The second-order valence-corrected chi connectivity index (χ2v) is 10.2. The number of aromatic nitrogens is 3. The van der Waals surface area contributed by atoms with E-state index in [-0.39, 0.29) is 35.5 Å². The number of hydrogen-bond acceptors (Lipinski definition) is 10. The number of nitrogens with one attached hydrogen (secondary N) is 1. The Kier molecular flexibility index (Phi) is 8.68. The van der Waals surface area contributed by atoms with Gasteiger partial charge in [0.1, 0.15) is 16.4 Å². The number of carbonyl (C=O) groups excluding carboxylic acids is 1. The molecule has 4 heterocycles. The van der Waals surface area contributed by atoms with Crippen molar-refractivity contribution in [3.63, 3.8) is 0 Å². The van der Waals surface area contributed by atoms with Crippen LogP contribution >= 0.6 is 11.3 Å². The van der Waals surface area contributed by atoms with Gasteiger partial charge in [0.2, 0.25) is 5.88 Å². The van der Waals surface area contributed by atoms with Crippen LogP contribution in [0, 0.1) is 5.92 Å². The van der Waals surface area contributed by atoms with E-state index >= 15 is 0 Å². The van der Waals surface area contributed by atoms with Crippen molar-refractivity contribution in [1.29, 1.82) is 0 Å². The van der Waals surface area contributed by atoms with Crippen molar-refractivity contribution < 1.29 is 14.6 Å². The van der Waals surface area contributed by atoms with Gasteiger partial charge < -0.3 is 26.6 Å². The Morgan fingerprint density at radius 1 is 1.31 bits per heavy atom. The summed E-state index contributed by atoms with van der Waals surface area (Å²) in [5.74, 6) is 0.197. The molecule has 36 heavy (non-hydrogen) atoms. The summed E-state index contributed by atoms with van der Waals surface area (Å²) >= 11 is 1.68. The molecule has 0 saturated carbocycles. The zero-order valence-electron chi connectivity index (χ0n) is 20.4. The summed E-state index contributed by atoms with van der Waals surface area (Å²) in [5.41, 5.74) is 13.4. The Hall–Kier alpha value is -3.28. The van der Waals surface area contributed by atoms with E-state index in [9.17, 15) is 9.90 Å². The quantitative estimate of drug-likeness (QED) is 0.322. The topological polar surface area (TPSA) is 153 Å². The molecule has 3 aromatic heterocycles. The normalized spacial score (nSPS) is 15.5. The van der Waals surface area contributed by atoms with Crippen molar-refractivity contribution in [3.8, 4) is 16.6 Å². The smallest absolute Gasteiger partial charge is 0.270 e. The molecule has 0 bridgehead atoms. The summed E-state index contributed by atoms with van der Waals surface area (Å²) in [7, 11) is 0. The molecular weight excluding hydrogens is 478 g/mol. The van der Waals surface area contributed by atoms with Gasteiger partial charge in [0, 0.05) is 36.8 Å². The number of pyridine rings is 2. The van der Waals surface area contributed by atoms with Gasteiger partial charge in [-0.1, -0.05) is 6.07 Å². The van der Waals surface area contributed by atoms with E-state index in [1.807, 2.05) is 24.4 Å². The molecule has 0 aliphatic carbocycles. The highest BCUT2D eigenvalue weighted by Crippen LogP contribution is 2.27. The number of carbonyl (C=O) groups is 1. The number of nitrogens with zero attached hydrogens (tertiary/aromatic N) is 4. The number of nitrogens with two attached hydrogens (primary N) is 2. The first-order valence-corrected chi connectivity index (χ1v) is 12.9. The molecule has 4 rings (SSSR count). The molecule has 10 nitrogen and oxygen atoms in total. The highest BCUT2D eigenvalue weighted by molar-refractivity contribution is 7.14. The van der Waals surface area contributed by atoms with Crippen LogP contribution in [0.1, 0.15) is 41.6 Å². The lowest BCUT2D eigenvalue weighted by molar-refractivity contribution is 0.0928. The molecule has 1 aliphatic heterocycles. The number of aliphatic hydroxyl groups is 1. The molecule has 0 spiro atoms. The largest absolute Gasteiger partial charge is 0.476 e. The van der Waals surface area contributed by atoms with Crippen LogP contribution in [-0.4, -0.2) is 63.2 Å².